The summed E-state index contributed by atoms with van der Waals surface area (Å²) in [7, 11) is 3.90. The average molecular weight is 644 g/mol. The number of morpholine rings is 1. The van der Waals surface area contributed by atoms with Crippen molar-refractivity contribution in [3.63, 3.8) is 0 Å². The SMILES string of the molecule is CN(C)c1ccc([C@H]2c3sc(=O)n(CC(=O)N4CCOCC4)c3SC3C(=O)N(c4ccc(Br)cc4)C(=O)C32)cc1. The first-order chi connectivity index (χ1) is 19.2. The summed E-state index contributed by atoms with van der Waals surface area (Å²) in [6.45, 7) is 1.78. The molecule has 0 bridgehead atoms. The third kappa shape index (κ3) is 4.70. The van der Waals surface area contributed by atoms with Crippen LogP contribution in [-0.4, -0.2) is 72.8 Å². The molecule has 2 aromatic carbocycles. The van der Waals surface area contributed by atoms with Crippen molar-refractivity contribution in [1.29, 1.82) is 0 Å². The highest BCUT2D eigenvalue weighted by atomic mass is 79.9. The smallest absolute Gasteiger partial charge is 0.308 e. The second-order valence-electron chi connectivity index (χ2n) is 10.1. The van der Waals surface area contributed by atoms with Crippen LogP contribution in [0.1, 0.15) is 16.4 Å². The molecule has 9 nitrogen and oxygen atoms in total. The summed E-state index contributed by atoms with van der Waals surface area (Å²) in [5.74, 6) is -1.93. The Kier molecular flexibility index (Phi) is 7.36. The zero-order valence-electron chi connectivity index (χ0n) is 21.9. The molecule has 0 radical (unpaired) electrons. The van der Waals surface area contributed by atoms with Crippen LogP contribution in [0.25, 0.3) is 0 Å². The molecular formula is C28H27BrN4O5S2. The fourth-order valence-electron chi connectivity index (χ4n) is 5.49. The molecular weight excluding hydrogens is 616 g/mol. The lowest BCUT2D eigenvalue weighted by Crippen LogP contribution is -2.43. The van der Waals surface area contributed by atoms with Crippen molar-refractivity contribution in [2.24, 2.45) is 5.92 Å². The van der Waals surface area contributed by atoms with E-state index in [0.717, 1.165) is 31.9 Å². The Morgan fingerprint density at radius 3 is 2.33 bits per heavy atom. The molecule has 0 aliphatic carbocycles. The Bertz CT molecular complexity index is 1530. The number of ether oxygens (including phenoxy) is 1. The van der Waals surface area contributed by atoms with Crippen LogP contribution in [0, 0.1) is 5.92 Å². The monoisotopic (exact) mass is 642 g/mol. The van der Waals surface area contributed by atoms with Gasteiger partial charge in [0.2, 0.25) is 17.7 Å². The lowest BCUT2D eigenvalue weighted by atomic mass is 9.83. The third-order valence-electron chi connectivity index (χ3n) is 7.56. The number of rotatable bonds is 5. The van der Waals surface area contributed by atoms with Crippen LogP contribution in [0.4, 0.5) is 11.4 Å². The molecule has 0 spiro atoms. The quantitative estimate of drug-likeness (QED) is 0.394. The van der Waals surface area contributed by atoms with Crippen LogP contribution >= 0.6 is 39.0 Å². The highest BCUT2D eigenvalue weighted by molar-refractivity contribution is 9.10. The number of carbonyl (C=O) groups excluding carboxylic acids is 3. The lowest BCUT2D eigenvalue weighted by molar-refractivity contribution is -0.136. The summed E-state index contributed by atoms with van der Waals surface area (Å²) >= 11 is 5.71. The van der Waals surface area contributed by atoms with E-state index in [-0.39, 0.29) is 29.1 Å². The molecule has 12 heteroatoms. The number of amides is 3. The molecule has 3 atom stereocenters. The first-order valence-electron chi connectivity index (χ1n) is 12.9. The Labute approximate surface area is 247 Å². The van der Waals surface area contributed by atoms with E-state index in [1.54, 1.807) is 29.2 Å². The number of imide groups is 1. The average Bonchev–Trinajstić information content (AvgIpc) is 3.40. The Morgan fingerprint density at radius 1 is 1.00 bits per heavy atom. The van der Waals surface area contributed by atoms with Crippen molar-refractivity contribution < 1.29 is 19.1 Å². The minimum absolute atomic E-state index is 0.111. The van der Waals surface area contributed by atoms with Gasteiger partial charge in [-0.1, -0.05) is 51.2 Å². The van der Waals surface area contributed by atoms with Crippen molar-refractivity contribution >= 4 is 68.1 Å². The lowest BCUT2D eigenvalue weighted by Gasteiger charge is -2.31. The number of thioether (sulfide) groups is 1. The minimum Gasteiger partial charge on any atom is -0.378 e. The van der Waals surface area contributed by atoms with Crippen LogP contribution in [0.2, 0.25) is 0 Å². The maximum absolute atomic E-state index is 14.0. The number of nitrogens with zero attached hydrogens (tertiary/aromatic N) is 4. The molecule has 4 heterocycles. The predicted octanol–water partition coefficient (Wildman–Crippen LogP) is 3.39. The van der Waals surface area contributed by atoms with Gasteiger partial charge in [-0.3, -0.25) is 23.7 Å². The van der Waals surface area contributed by atoms with Gasteiger partial charge in [-0.2, -0.15) is 0 Å². The fraction of sp³-hybridized carbons (Fsp3) is 0.357. The second-order valence-corrected chi connectivity index (χ2v) is 13.2. The normalized spacial score (nSPS) is 22.3. The number of benzene rings is 2. The van der Waals surface area contributed by atoms with Gasteiger partial charge in [0.1, 0.15) is 11.8 Å². The number of thiazole rings is 1. The van der Waals surface area contributed by atoms with Gasteiger partial charge < -0.3 is 14.5 Å². The Morgan fingerprint density at radius 2 is 1.68 bits per heavy atom. The highest BCUT2D eigenvalue weighted by Crippen LogP contribution is 2.54. The van der Waals surface area contributed by atoms with Crippen molar-refractivity contribution in [2.45, 2.75) is 22.7 Å². The summed E-state index contributed by atoms with van der Waals surface area (Å²) in [5.41, 5.74) is 2.37. The topological polar surface area (TPSA) is 92.2 Å². The van der Waals surface area contributed by atoms with Gasteiger partial charge in [0.15, 0.2) is 0 Å². The van der Waals surface area contributed by atoms with E-state index in [9.17, 15) is 19.2 Å². The van der Waals surface area contributed by atoms with E-state index in [0.29, 0.717) is 37.0 Å². The maximum atomic E-state index is 14.0. The van der Waals surface area contributed by atoms with E-state index < -0.39 is 17.1 Å². The van der Waals surface area contributed by atoms with Crippen molar-refractivity contribution in [2.75, 3.05) is 50.2 Å². The summed E-state index contributed by atoms with van der Waals surface area (Å²) in [5, 5.41) is -0.126. The molecule has 3 aliphatic rings. The van der Waals surface area contributed by atoms with Crippen molar-refractivity contribution in [3.8, 4) is 0 Å². The zero-order chi connectivity index (χ0) is 28.1. The summed E-state index contributed by atoms with van der Waals surface area (Å²) in [4.78, 5) is 59.7. The largest absolute Gasteiger partial charge is 0.378 e. The van der Waals surface area contributed by atoms with E-state index in [1.807, 2.05) is 43.3 Å². The number of carbonyl (C=O) groups is 3. The van der Waals surface area contributed by atoms with Crippen LogP contribution < -0.4 is 14.7 Å². The first kappa shape index (κ1) is 27.3. The molecule has 3 amide bonds. The van der Waals surface area contributed by atoms with E-state index in [1.165, 1.54) is 21.2 Å². The molecule has 2 fully saturated rings. The molecule has 3 aromatic rings. The van der Waals surface area contributed by atoms with Crippen molar-refractivity contribution in [1.82, 2.24) is 9.47 Å². The van der Waals surface area contributed by atoms with Crippen LogP contribution in [-0.2, 0) is 25.7 Å². The third-order valence-corrected chi connectivity index (χ3v) is 10.7. The van der Waals surface area contributed by atoms with Gasteiger partial charge in [-0.25, -0.2) is 4.90 Å². The molecule has 3 aliphatic heterocycles. The predicted molar refractivity (Wildman–Crippen MR) is 158 cm³/mol. The molecule has 2 saturated heterocycles. The highest BCUT2D eigenvalue weighted by Gasteiger charge is 2.56. The number of halogens is 1. The number of hydrogen-bond donors (Lipinski definition) is 0. The van der Waals surface area contributed by atoms with Crippen LogP contribution in [0.5, 0.6) is 0 Å². The maximum Gasteiger partial charge on any atom is 0.308 e. The summed E-state index contributed by atoms with van der Waals surface area (Å²) in [6, 6.07) is 15.0. The molecule has 6 rings (SSSR count). The summed E-state index contributed by atoms with van der Waals surface area (Å²) in [6.07, 6.45) is 0. The standard InChI is InChI=1S/C28H27BrN4O5S2/c1-30(2)18-7-3-16(4-8-18)21-22-23(26(36)33(25(22)35)19-9-5-17(29)6-10-19)39-27-24(21)40-28(37)32(27)15-20(34)31-11-13-38-14-12-31/h3-10,21-23H,11-15H2,1-2H3/t21-,22?,23?/m1/s1. The van der Waals surface area contributed by atoms with Gasteiger partial charge in [0, 0.05) is 48.1 Å². The van der Waals surface area contributed by atoms with E-state index >= 15 is 0 Å². The zero-order valence-corrected chi connectivity index (χ0v) is 25.1. The second kappa shape index (κ2) is 10.8. The molecule has 208 valence electrons. The van der Waals surface area contributed by atoms with Gasteiger partial charge in [-0.05, 0) is 42.0 Å². The van der Waals surface area contributed by atoms with Crippen molar-refractivity contribution in [3.05, 3.63) is 73.1 Å². The molecule has 1 aromatic heterocycles. The van der Waals surface area contributed by atoms with E-state index in [4.69, 9.17) is 4.74 Å². The van der Waals surface area contributed by atoms with Gasteiger partial charge in [0.25, 0.3) is 0 Å². The van der Waals surface area contributed by atoms with Gasteiger partial charge in [-0.15, -0.1) is 0 Å². The first-order valence-corrected chi connectivity index (χ1v) is 15.4. The number of aromatic nitrogens is 1. The molecule has 0 saturated carbocycles. The number of anilines is 2. The Balaban J connectivity index is 1.43. The van der Waals surface area contributed by atoms with Crippen LogP contribution in [0.3, 0.4) is 0 Å². The fourth-order valence-corrected chi connectivity index (χ4v) is 8.52. The number of fused-ring (bicyclic) bond motifs is 2. The number of hydrogen-bond acceptors (Lipinski definition) is 8. The van der Waals surface area contributed by atoms with Crippen LogP contribution in [0.15, 0.2) is 62.8 Å². The van der Waals surface area contributed by atoms with Gasteiger partial charge >= 0.3 is 4.87 Å². The molecule has 2 unspecified atom stereocenters. The Hall–Kier alpha value is -2.93. The van der Waals surface area contributed by atoms with E-state index in [2.05, 4.69) is 15.9 Å². The van der Waals surface area contributed by atoms with Gasteiger partial charge in [0.05, 0.1) is 29.8 Å². The molecule has 0 N–H and O–H groups in total. The minimum atomic E-state index is -0.721. The molecule has 40 heavy (non-hydrogen) atoms. The summed E-state index contributed by atoms with van der Waals surface area (Å²) < 4.78 is 7.69.